The number of hydrazone groups is 1. The summed E-state index contributed by atoms with van der Waals surface area (Å²) in [6.07, 6.45) is 0.601. The molecule has 2 aromatic rings. The van der Waals surface area contributed by atoms with E-state index in [4.69, 9.17) is 0 Å². The highest BCUT2D eigenvalue weighted by molar-refractivity contribution is 9.10. The van der Waals surface area contributed by atoms with E-state index in [1.54, 1.807) is 12.1 Å². The maximum Gasteiger partial charge on any atom is 0.271 e. The quantitative estimate of drug-likeness (QED) is 0.871. The molecular weight excluding hydrogens is 370 g/mol. The second-order valence-electron chi connectivity index (χ2n) is 5.55. The number of benzene rings is 2. The molecule has 2 aromatic carbocycles. The minimum Gasteiger partial charge on any atom is -0.321 e. The molecule has 0 saturated heterocycles. The van der Waals surface area contributed by atoms with Crippen LogP contribution in [0.2, 0.25) is 0 Å². The van der Waals surface area contributed by atoms with E-state index in [1.807, 2.05) is 43.3 Å². The zero-order valence-corrected chi connectivity index (χ0v) is 14.7. The van der Waals surface area contributed by atoms with Crippen LogP contribution >= 0.6 is 15.9 Å². The van der Waals surface area contributed by atoms with Crippen LogP contribution in [0.1, 0.15) is 18.4 Å². The van der Waals surface area contributed by atoms with Gasteiger partial charge >= 0.3 is 0 Å². The lowest BCUT2D eigenvalue weighted by Crippen LogP contribution is -2.36. The van der Waals surface area contributed by atoms with Crippen LogP contribution in [0.15, 0.2) is 58.1 Å². The summed E-state index contributed by atoms with van der Waals surface area (Å²) in [4.78, 5) is 24.6. The van der Waals surface area contributed by atoms with Crippen LogP contribution in [0, 0.1) is 6.92 Å². The highest BCUT2D eigenvalue weighted by Crippen LogP contribution is 2.22. The number of amides is 2. The third-order valence-corrected chi connectivity index (χ3v) is 4.17. The molecule has 3 rings (SSSR count). The van der Waals surface area contributed by atoms with Gasteiger partial charge in [-0.3, -0.25) is 9.59 Å². The highest BCUT2D eigenvalue weighted by Gasteiger charge is 2.25. The van der Waals surface area contributed by atoms with Crippen molar-refractivity contribution in [1.29, 1.82) is 0 Å². The van der Waals surface area contributed by atoms with Gasteiger partial charge in [0, 0.05) is 23.0 Å². The third kappa shape index (κ3) is 3.71. The molecule has 0 radical (unpaired) electrons. The van der Waals surface area contributed by atoms with Crippen molar-refractivity contribution in [3.05, 3.63) is 58.6 Å². The van der Waals surface area contributed by atoms with Crippen LogP contribution < -0.4 is 10.3 Å². The average molecular weight is 386 g/mol. The van der Waals surface area contributed by atoms with E-state index < -0.39 is 0 Å². The number of hydrogen-bond acceptors (Lipinski definition) is 3. The molecule has 0 spiro atoms. The van der Waals surface area contributed by atoms with Gasteiger partial charge in [-0.1, -0.05) is 28.1 Å². The monoisotopic (exact) mass is 385 g/mol. The zero-order chi connectivity index (χ0) is 17.1. The minimum absolute atomic E-state index is 0.110. The maximum absolute atomic E-state index is 12.4. The normalized spacial score (nSPS) is 14.3. The molecule has 1 aliphatic rings. The number of nitrogens with one attached hydrogen (secondary N) is 1. The summed E-state index contributed by atoms with van der Waals surface area (Å²) in [6, 6.07) is 14.8. The Morgan fingerprint density at radius 3 is 2.62 bits per heavy atom. The fraction of sp³-hybridized carbons (Fsp3) is 0.167. The van der Waals surface area contributed by atoms with Gasteiger partial charge in [-0.2, -0.15) is 5.10 Å². The summed E-state index contributed by atoms with van der Waals surface area (Å²) in [5, 5.41) is 8.39. The topological polar surface area (TPSA) is 61.8 Å². The Bertz CT molecular complexity index is 815. The molecule has 1 N–H and O–H groups in total. The number of hydrogen-bond donors (Lipinski definition) is 1. The van der Waals surface area contributed by atoms with Crippen molar-refractivity contribution < 1.29 is 9.59 Å². The molecule has 0 bridgehead atoms. The number of carbonyl (C=O) groups is 2. The van der Waals surface area contributed by atoms with Crippen LogP contribution in [0.4, 0.5) is 11.4 Å². The van der Waals surface area contributed by atoms with E-state index in [0.29, 0.717) is 23.5 Å². The van der Waals surface area contributed by atoms with Crippen molar-refractivity contribution in [2.45, 2.75) is 19.8 Å². The fourth-order valence-electron chi connectivity index (χ4n) is 2.41. The summed E-state index contributed by atoms with van der Waals surface area (Å²) in [6.45, 7) is 1.95. The molecule has 122 valence electrons. The van der Waals surface area contributed by atoms with Crippen molar-refractivity contribution in [2.75, 3.05) is 10.3 Å². The Morgan fingerprint density at radius 1 is 1.17 bits per heavy atom. The Hall–Kier alpha value is -2.47. The number of anilines is 2. The molecule has 1 aliphatic heterocycles. The predicted molar refractivity (Wildman–Crippen MR) is 98.1 cm³/mol. The number of aryl methyl sites for hydroxylation is 1. The standard InChI is InChI=1S/C18H16BrN3O2/c1-12-3-2-4-15(11-12)22-17(23)10-9-16(21-22)18(24)20-14-7-5-13(19)6-8-14/h2-8,11H,9-10H2,1H3,(H,20,24). The van der Waals surface area contributed by atoms with E-state index in [-0.39, 0.29) is 18.2 Å². The lowest BCUT2D eigenvalue weighted by Gasteiger charge is -2.23. The minimum atomic E-state index is -0.289. The molecule has 0 unspecified atom stereocenters. The fourth-order valence-corrected chi connectivity index (χ4v) is 2.68. The first-order valence-corrected chi connectivity index (χ1v) is 8.36. The van der Waals surface area contributed by atoms with Crippen molar-refractivity contribution in [3.8, 4) is 0 Å². The maximum atomic E-state index is 12.4. The Labute approximate surface area is 148 Å². The molecule has 24 heavy (non-hydrogen) atoms. The summed E-state index contributed by atoms with van der Waals surface area (Å²) in [5.41, 5.74) is 2.74. The Kier molecular flexibility index (Phi) is 4.76. The average Bonchev–Trinajstić information content (AvgIpc) is 2.57. The van der Waals surface area contributed by atoms with Crippen LogP contribution in [0.5, 0.6) is 0 Å². The second kappa shape index (κ2) is 6.97. The predicted octanol–water partition coefficient (Wildman–Crippen LogP) is 3.88. The molecule has 6 heteroatoms. The SMILES string of the molecule is Cc1cccc(N2N=C(C(=O)Nc3ccc(Br)cc3)CCC2=O)c1. The number of halogens is 1. The van der Waals surface area contributed by atoms with Gasteiger partial charge in [0.25, 0.3) is 5.91 Å². The summed E-state index contributed by atoms with van der Waals surface area (Å²) in [7, 11) is 0. The number of carbonyl (C=O) groups excluding carboxylic acids is 2. The van der Waals surface area contributed by atoms with Crippen LogP contribution in [-0.2, 0) is 9.59 Å². The summed E-state index contributed by atoms with van der Waals surface area (Å²) >= 11 is 3.35. The second-order valence-corrected chi connectivity index (χ2v) is 6.47. The van der Waals surface area contributed by atoms with E-state index in [0.717, 1.165) is 10.0 Å². The van der Waals surface area contributed by atoms with Crippen LogP contribution in [0.3, 0.4) is 0 Å². The van der Waals surface area contributed by atoms with Gasteiger partial charge in [-0.25, -0.2) is 5.01 Å². The van der Waals surface area contributed by atoms with E-state index in [9.17, 15) is 9.59 Å². The Morgan fingerprint density at radius 2 is 1.92 bits per heavy atom. The van der Waals surface area contributed by atoms with Crippen LogP contribution in [0.25, 0.3) is 0 Å². The largest absolute Gasteiger partial charge is 0.321 e. The van der Waals surface area contributed by atoms with E-state index >= 15 is 0 Å². The molecule has 2 amide bonds. The van der Waals surface area contributed by atoms with Gasteiger partial charge in [0.15, 0.2) is 0 Å². The van der Waals surface area contributed by atoms with Gasteiger partial charge < -0.3 is 5.32 Å². The lowest BCUT2D eigenvalue weighted by atomic mass is 10.1. The zero-order valence-electron chi connectivity index (χ0n) is 13.1. The Balaban J connectivity index is 1.82. The van der Waals surface area contributed by atoms with Gasteiger partial charge in [0.2, 0.25) is 5.91 Å². The molecule has 0 aliphatic carbocycles. The van der Waals surface area contributed by atoms with E-state index in [2.05, 4.69) is 26.3 Å². The smallest absolute Gasteiger partial charge is 0.271 e. The first kappa shape index (κ1) is 16.4. The third-order valence-electron chi connectivity index (χ3n) is 3.64. The lowest BCUT2D eigenvalue weighted by molar-refractivity contribution is -0.118. The van der Waals surface area contributed by atoms with E-state index in [1.165, 1.54) is 5.01 Å². The van der Waals surface area contributed by atoms with Gasteiger partial charge in [0.1, 0.15) is 5.71 Å². The molecule has 1 heterocycles. The molecule has 0 atom stereocenters. The van der Waals surface area contributed by atoms with Crippen molar-refractivity contribution in [1.82, 2.24) is 0 Å². The molecule has 0 saturated carbocycles. The number of nitrogens with zero attached hydrogens (tertiary/aromatic N) is 2. The summed E-state index contributed by atoms with van der Waals surface area (Å²) in [5.74, 6) is -0.400. The molecule has 0 aromatic heterocycles. The molecule has 0 fully saturated rings. The van der Waals surface area contributed by atoms with Gasteiger partial charge in [0.05, 0.1) is 5.69 Å². The van der Waals surface area contributed by atoms with Crippen molar-refractivity contribution >= 4 is 44.8 Å². The van der Waals surface area contributed by atoms with Crippen molar-refractivity contribution in [3.63, 3.8) is 0 Å². The molecule has 5 nitrogen and oxygen atoms in total. The highest BCUT2D eigenvalue weighted by atomic mass is 79.9. The van der Waals surface area contributed by atoms with Gasteiger partial charge in [-0.05, 0) is 48.9 Å². The van der Waals surface area contributed by atoms with Crippen LogP contribution in [-0.4, -0.2) is 17.5 Å². The molecular formula is C18H16BrN3O2. The first-order valence-electron chi connectivity index (χ1n) is 7.57. The summed E-state index contributed by atoms with van der Waals surface area (Å²) < 4.78 is 0.937. The van der Waals surface area contributed by atoms with Gasteiger partial charge in [-0.15, -0.1) is 0 Å². The number of rotatable bonds is 3. The van der Waals surface area contributed by atoms with Crippen molar-refractivity contribution in [2.24, 2.45) is 5.10 Å². The first-order chi connectivity index (χ1) is 11.5.